The van der Waals surface area contributed by atoms with Crippen molar-refractivity contribution >= 4 is 0 Å². The van der Waals surface area contributed by atoms with Gasteiger partial charge in [0.25, 0.3) is 0 Å². The second-order valence-electron chi connectivity index (χ2n) is 2.16. The van der Waals surface area contributed by atoms with Gasteiger partial charge in [-0.1, -0.05) is 0 Å². The van der Waals surface area contributed by atoms with Gasteiger partial charge in [-0.25, -0.2) is 4.98 Å². The van der Waals surface area contributed by atoms with Gasteiger partial charge in [-0.05, 0) is 19.3 Å². The lowest BCUT2D eigenvalue weighted by molar-refractivity contribution is 0.284. The number of oxazole rings is 1. The summed E-state index contributed by atoms with van der Waals surface area (Å²) in [6.07, 6.45) is 5.78. The Morgan fingerprint density at radius 3 is 3.00 bits per heavy atom. The highest BCUT2D eigenvalue weighted by Gasteiger charge is 1.93. The molecule has 0 unspecified atom stereocenters. The Bertz CT molecular complexity index is 160. The van der Waals surface area contributed by atoms with Gasteiger partial charge >= 0.3 is 0 Å². The third-order valence-electron chi connectivity index (χ3n) is 1.32. The summed E-state index contributed by atoms with van der Waals surface area (Å²) in [6, 6.07) is 0. The van der Waals surface area contributed by atoms with E-state index in [1.54, 1.807) is 6.26 Å². The zero-order valence-electron chi connectivity index (χ0n) is 5.79. The standard InChI is InChI=1S/C7H11NO2/c9-4-2-1-3-7-5-10-6-8-7/h5-6,9H,1-4H2. The second-order valence-corrected chi connectivity index (χ2v) is 2.16. The zero-order chi connectivity index (χ0) is 7.23. The van der Waals surface area contributed by atoms with Gasteiger partial charge in [0.2, 0.25) is 0 Å². The van der Waals surface area contributed by atoms with Crippen LogP contribution in [0.1, 0.15) is 18.5 Å². The van der Waals surface area contributed by atoms with E-state index in [0.717, 1.165) is 25.0 Å². The molecule has 56 valence electrons. The Morgan fingerprint density at radius 1 is 1.50 bits per heavy atom. The van der Waals surface area contributed by atoms with Crippen LogP contribution in [0.4, 0.5) is 0 Å². The normalized spacial score (nSPS) is 10.1. The van der Waals surface area contributed by atoms with E-state index in [2.05, 4.69) is 4.98 Å². The number of hydrogen-bond acceptors (Lipinski definition) is 3. The molecule has 1 aromatic heterocycles. The van der Waals surface area contributed by atoms with Crippen LogP contribution in [-0.2, 0) is 6.42 Å². The minimum atomic E-state index is 0.262. The third-order valence-corrected chi connectivity index (χ3v) is 1.32. The number of hydrogen-bond donors (Lipinski definition) is 1. The van der Waals surface area contributed by atoms with Crippen LogP contribution in [0.5, 0.6) is 0 Å². The van der Waals surface area contributed by atoms with Gasteiger partial charge in [-0.2, -0.15) is 0 Å². The first kappa shape index (κ1) is 7.28. The summed E-state index contributed by atoms with van der Waals surface area (Å²) in [5, 5.41) is 8.45. The van der Waals surface area contributed by atoms with E-state index in [1.807, 2.05) is 0 Å². The molecular formula is C7H11NO2. The van der Waals surface area contributed by atoms with Crippen molar-refractivity contribution in [2.75, 3.05) is 6.61 Å². The molecular weight excluding hydrogens is 130 g/mol. The lowest BCUT2D eigenvalue weighted by Gasteiger charge is -1.91. The number of aryl methyl sites for hydroxylation is 1. The van der Waals surface area contributed by atoms with E-state index in [9.17, 15) is 0 Å². The topological polar surface area (TPSA) is 46.3 Å². The van der Waals surface area contributed by atoms with E-state index in [0.29, 0.717) is 0 Å². The molecule has 0 saturated carbocycles. The molecule has 3 nitrogen and oxygen atoms in total. The Hall–Kier alpha value is -0.830. The van der Waals surface area contributed by atoms with Gasteiger partial charge in [0.15, 0.2) is 6.39 Å². The first-order chi connectivity index (χ1) is 4.93. The molecule has 1 rings (SSSR count). The molecule has 0 saturated heterocycles. The third kappa shape index (κ3) is 2.19. The summed E-state index contributed by atoms with van der Waals surface area (Å²) in [5.41, 5.74) is 0.966. The summed E-state index contributed by atoms with van der Waals surface area (Å²) >= 11 is 0. The molecule has 0 fully saturated rings. The van der Waals surface area contributed by atoms with Crippen LogP contribution in [0.2, 0.25) is 0 Å². The fraction of sp³-hybridized carbons (Fsp3) is 0.571. The number of nitrogens with zero attached hydrogens (tertiary/aromatic N) is 1. The molecule has 0 bridgehead atoms. The van der Waals surface area contributed by atoms with Crippen molar-refractivity contribution in [1.82, 2.24) is 4.98 Å². The molecule has 0 aromatic carbocycles. The van der Waals surface area contributed by atoms with Crippen molar-refractivity contribution in [3.05, 3.63) is 18.4 Å². The van der Waals surface area contributed by atoms with E-state index in [-0.39, 0.29) is 6.61 Å². The Morgan fingerprint density at radius 2 is 2.40 bits per heavy atom. The van der Waals surface area contributed by atoms with E-state index < -0.39 is 0 Å². The molecule has 0 spiro atoms. The molecule has 3 heteroatoms. The van der Waals surface area contributed by atoms with E-state index in [1.165, 1.54) is 6.39 Å². The number of aliphatic hydroxyl groups is 1. The SMILES string of the molecule is OCCCCc1cocn1. The lowest BCUT2D eigenvalue weighted by atomic mass is 10.2. The van der Waals surface area contributed by atoms with Crippen LogP contribution in [0, 0.1) is 0 Å². The maximum absolute atomic E-state index is 8.45. The number of rotatable bonds is 4. The maximum atomic E-state index is 8.45. The fourth-order valence-corrected chi connectivity index (χ4v) is 0.779. The second kappa shape index (κ2) is 4.06. The molecule has 1 heterocycles. The molecule has 0 aliphatic heterocycles. The smallest absolute Gasteiger partial charge is 0.180 e. The van der Waals surface area contributed by atoms with Crippen LogP contribution >= 0.6 is 0 Å². The summed E-state index contributed by atoms with van der Waals surface area (Å²) in [5.74, 6) is 0. The largest absolute Gasteiger partial charge is 0.451 e. The Balaban J connectivity index is 2.15. The van der Waals surface area contributed by atoms with Gasteiger partial charge in [-0.15, -0.1) is 0 Å². The first-order valence-electron chi connectivity index (χ1n) is 3.41. The summed E-state index contributed by atoms with van der Waals surface area (Å²) in [7, 11) is 0. The van der Waals surface area contributed by atoms with Crippen LogP contribution < -0.4 is 0 Å². The minimum Gasteiger partial charge on any atom is -0.451 e. The summed E-state index contributed by atoms with van der Waals surface area (Å²) < 4.78 is 4.77. The fourth-order valence-electron chi connectivity index (χ4n) is 0.779. The molecule has 1 N–H and O–H groups in total. The lowest BCUT2D eigenvalue weighted by Crippen LogP contribution is -1.87. The highest BCUT2D eigenvalue weighted by atomic mass is 16.3. The number of aliphatic hydroxyl groups excluding tert-OH is 1. The monoisotopic (exact) mass is 141 g/mol. The highest BCUT2D eigenvalue weighted by Crippen LogP contribution is 2.00. The first-order valence-corrected chi connectivity index (χ1v) is 3.41. The van der Waals surface area contributed by atoms with Crippen molar-refractivity contribution < 1.29 is 9.52 Å². The van der Waals surface area contributed by atoms with Gasteiger partial charge in [0.1, 0.15) is 6.26 Å². The molecule has 10 heavy (non-hydrogen) atoms. The van der Waals surface area contributed by atoms with Gasteiger partial charge in [-0.3, -0.25) is 0 Å². The average Bonchev–Trinajstić information content (AvgIpc) is 2.41. The van der Waals surface area contributed by atoms with Crippen molar-refractivity contribution in [1.29, 1.82) is 0 Å². The van der Waals surface area contributed by atoms with E-state index >= 15 is 0 Å². The number of unbranched alkanes of at least 4 members (excludes halogenated alkanes) is 1. The van der Waals surface area contributed by atoms with E-state index in [4.69, 9.17) is 9.52 Å². The quantitative estimate of drug-likeness (QED) is 0.636. The van der Waals surface area contributed by atoms with Gasteiger partial charge in [0.05, 0.1) is 5.69 Å². The van der Waals surface area contributed by atoms with Crippen molar-refractivity contribution in [3.63, 3.8) is 0 Å². The minimum absolute atomic E-state index is 0.262. The maximum Gasteiger partial charge on any atom is 0.180 e. The molecule has 1 aromatic rings. The number of aromatic nitrogens is 1. The zero-order valence-corrected chi connectivity index (χ0v) is 5.79. The predicted molar refractivity (Wildman–Crippen MR) is 36.5 cm³/mol. The van der Waals surface area contributed by atoms with Crippen LogP contribution in [0.25, 0.3) is 0 Å². The molecule has 0 atom stereocenters. The molecule has 0 aliphatic carbocycles. The van der Waals surface area contributed by atoms with Crippen molar-refractivity contribution in [2.24, 2.45) is 0 Å². The van der Waals surface area contributed by atoms with Crippen LogP contribution in [-0.4, -0.2) is 16.7 Å². The van der Waals surface area contributed by atoms with Crippen molar-refractivity contribution in [3.8, 4) is 0 Å². The average molecular weight is 141 g/mol. The molecule has 0 aliphatic rings. The predicted octanol–water partition coefficient (Wildman–Crippen LogP) is 0.990. The van der Waals surface area contributed by atoms with Crippen molar-refractivity contribution in [2.45, 2.75) is 19.3 Å². The summed E-state index contributed by atoms with van der Waals surface area (Å²) in [4.78, 5) is 3.94. The van der Waals surface area contributed by atoms with Gasteiger partial charge in [0, 0.05) is 6.61 Å². The molecule has 0 radical (unpaired) electrons. The summed E-state index contributed by atoms with van der Waals surface area (Å²) in [6.45, 7) is 0.262. The Kier molecular flexibility index (Phi) is 2.96. The highest BCUT2D eigenvalue weighted by molar-refractivity contribution is 4.90. The van der Waals surface area contributed by atoms with Gasteiger partial charge < -0.3 is 9.52 Å². The van der Waals surface area contributed by atoms with Crippen LogP contribution in [0.15, 0.2) is 17.1 Å². The van der Waals surface area contributed by atoms with Crippen LogP contribution in [0.3, 0.4) is 0 Å². The molecule has 0 amide bonds. The Labute approximate surface area is 59.7 Å².